The summed E-state index contributed by atoms with van der Waals surface area (Å²) < 4.78 is 75.8. The summed E-state index contributed by atoms with van der Waals surface area (Å²) in [4.78, 5) is 9.82. The molecule has 2 heterocycles. The molecule has 0 radical (unpaired) electrons. The highest BCUT2D eigenvalue weighted by Gasteiger charge is 2.60. The average molecular weight is 509 g/mol. The van der Waals surface area contributed by atoms with Crippen LogP contribution in [0.5, 0.6) is 0 Å². The fraction of sp³-hybridized carbons (Fsp3) is 0.810. The fourth-order valence-electron chi connectivity index (χ4n) is 5.60. The predicted octanol–water partition coefficient (Wildman–Crippen LogP) is 1.38. The monoisotopic (exact) mass is 508 g/mol. The van der Waals surface area contributed by atoms with Crippen LogP contribution in [0.3, 0.4) is 0 Å². The van der Waals surface area contributed by atoms with Gasteiger partial charge in [0.15, 0.2) is 5.82 Å². The van der Waals surface area contributed by atoms with Crippen molar-refractivity contribution in [3.8, 4) is 0 Å². The molecular weight excluding hydrogens is 477 g/mol. The topological polar surface area (TPSA) is 114 Å². The zero-order chi connectivity index (χ0) is 24.7. The maximum Gasteiger partial charge on any atom is 0.261 e. The molecule has 34 heavy (non-hydrogen) atoms. The van der Waals surface area contributed by atoms with E-state index in [1.165, 1.54) is 17.3 Å². The highest BCUT2D eigenvalue weighted by Crippen LogP contribution is 2.61. The Labute approximate surface area is 197 Å². The third-order valence-electron chi connectivity index (χ3n) is 7.20. The second-order valence-electron chi connectivity index (χ2n) is 9.66. The highest BCUT2D eigenvalue weighted by atomic mass is 32.2. The maximum atomic E-state index is 13.2. The molecular formula is C21H31F3N4O5S. The number of aliphatic hydroxyl groups is 1. The first-order valence-electron chi connectivity index (χ1n) is 11.4. The summed E-state index contributed by atoms with van der Waals surface area (Å²) in [5.41, 5.74) is -0.138. The standard InChI is InChI=1S/C21H31F3N4O5S/c1-12-5-16(27-34(2,30)31)17(28(12)20(29)33-11-18(23)24)10-32-15-3-4-21(7-13(21)6-15)19-25-8-14(22)9-26-19/h8-9,12-13,15-18,20,27,29H,3-7,10-11H2,1-2H3/t12-,13-,15+,16+,17+,20?,21-/m1/s1. The van der Waals surface area contributed by atoms with Gasteiger partial charge in [0.25, 0.3) is 6.43 Å². The summed E-state index contributed by atoms with van der Waals surface area (Å²) >= 11 is 0. The summed E-state index contributed by atoms with van der Waals surface area (Å²) in [7, 11) is -3.54. The molecule has 0 bridgehead atoms. The molecule has 2 N–H and O–H groups in total. The molecule has 2 aliphatic carbocycles. The number of rotatable bonds is 10. The molecule has 2 saturated carbocycles. The van der Waals surface area contributed by atoms with Gasteiger partial charge in [-0.1, -0.05) is 0 Å². The van der Waals surface area contributed by atoms with Crippen molar-refractivity contribution in [3.63, 3.8) is 0 Å². The molecule has 1 aliphatic heterocycles. The minimum Gasteiger partial charge on any atom is -0.377 e. The van der Waals surface area contributed by atoms with Gasteiger partial charge in [0.2, 0.25) is 16.4 Å². The van der Waals surface area contributed by atoms with Gasteiger partial charge in [0.05, 0.1) is 37.4 Å². The average Bonchev–Trinajstić information content (AvgIpc) is 3.40. The lowest BCUT2D eigenvalue weighted by Gasteiger charge is -2.35. The molecule has 3 aliphatic rings. The van der Waals surface area contributed by atoms with E-state index in [2.05, 4.69) is 14.7 Å². The van der Waals surface area contributed by atoms with Gasteiger partial charge >= 0.3 is 0 Å². The van der Waals surface area contributed by atoms with Crippen LogP contribution in [0.1, 0.15) is 44.9 Å². The number of halogens is 3. The third kappa shape index (κ3) is 5.71. The van der Waals surface area contributed by atoms with Crippen molar-refractivity contribution in [2.45, 2.75) is 81.5 Å². The zero-order valence-corrected chi connectivity index (χ0v) is 19.9. The van der Waals surface area contributed by atoms with Crippen molar-refractivity contribution in [1.82, 2.24) is 19.6 Å². The summed E-state index contributed by atoms with van der Waals surface area (Å²) in [6.07, 6.45) is 2.54. The number of ether oxygens (including phenoxy) is 2. The smallest absolute Gasteiger partial charge is 0.261 e. The Bertz CT molecular complexity index is 956. The molecule has 7 atom stereocenters. The zero-order valence-electron chi connectivity index (χ0n) is 19.1. The molecule has 3 fully saturated rings. The lowest BCUT2D eigenvalue weighted by Crippen LogP contribution is -2.52. The first kappa shape index (κ1) is 25.7. The molecule has 9 nitrogen and oxygen atoms in total. The van der Waals surface area contributed by atoms with Crippen molar-refractivity contribution in [2.24, 2.45) is 5.92 Å². The van der Waals surface area contributed by atoms with Crippen LogP contribution in [0.2, 0.25) is 0 Å². The van der Waals surface area contributed by atoms with Gasteiger partial charge in [-0.25, -0.2) is 41.2 Å². The molecule has 1 saturated heterocycles. The number of hydrogen-bond donors (Lipinski definition) is 2. The van der Waals surface area contributed by atoms with Crippen molar-refractivity contribution >= 4 is 10.0 Å². The van der Waals surface area contributed by atoms with Crippen LogP contribution < -0.4 is 4.72 Å². The number of nitrogens with one attached hydrogen (secondary N) is 1. The number of fused-ring (bicyclic) bond motifs is 1. The molecule has 4 rings (SSSR count). The number of likely N-dealkylation sites (tertiary alicyclic amines) is 1. The largest absolute Gasteiger partial charge is 0.377 e. The summed E-state index contributed by atoms with van der Waals surface area (Å²) in [6.45, 7) is 0.942. The van der Waals surface area contributed by atoms with Crippen LogP contribution >= 0.6 is 0 Å². The number of nitrogens with zero attached hydrogens (tertiary/aromatic N) is 3. The molecule has 1 unspecified atom stereocenters. The Balaban J connectivity index is 1.39. The van der Waals surface area contributed by atoms with E-state index in [1.807, 2.05) is 0 Å². The van der Waals surface area contributed by atoms with Crippen molar-refractivity contribution in [3.05, 3.63) is 24.0 Å². The van der Waals surface area contributed by atoms with Crippen LogP contribution in [0.4, 0.5) is 13.2 Å². The number of sulfonamides is 1. The van der Waals surface area contributed by atoms with Crippen LogP contribution in [0.25, 0.3) is 0 Å². The SMILES string of the molecule is C[C@@H]1C[C@H](NS(C)(=O)=O)[C@H](CO[C@H]2CC[C@@]3(c4ncc(F)cn4)C[C@H]3C2)N1C(O)OCC(F)F. The quantitative estimate of drug-likeness (QED) is 0.456. The number of aliphatic hydroxyl groups excluding tert-OH is 1. The number of aromatic nitrogens is 2. The van der Waals surface area contributed by atoms with Gasteiger partial charge in [-0.05, 0) is 44.9 Å². The minimum absolute atomic E-state index is 0.0863. The van der Waals surface area contributed by atoms with E-state index in [1.54, 1.807) is 6.92 Å². The van der Waals surface area contributed by atoms with E-state index in [9.17, 15) is 26.7 Å². The molecule has 1 aromatic heterocycles. The summed E-state index contributed by atoms with van der Waals surface area (Å²) in [5.74, 6) is 0.506. The van der Waals surface area contributed by atoms with Crippen molar-refractivity contribution in [1.29, 1.82) is 0 Å². The molecule has 0 aromatic carbocycles. The van der Waals surface area contributed by atoms with Gasteiger partial charge in [-0.3, -0.25) is 0 Å². The Morgan fingerprint density at radius 1 is 1.32 bits per heavy atom. The Morgan fingerprint density at radius 2 is 2.03 bits per heavy atom. The van der Waals surface area contributed by atoms with Crippen molar-refractivity contribution in [2.75, 3.05) is 19.5 Å². The van der Waals surface area contributed by atoms with E-state index in [-0.39, 0.29) is 24.2 Å². The van der Waals surface area contributed by atoms with Gasteiger partial charge in [0, 0.05) is 17.5 Å². The first-order valence-corrected chi connectivity index (χ1v) is 13.3. The van der Waals surface area contributed by atoms with E-state index in [0.717, 1.165) is 31.9 Å². The molecule has 192 valence electrons. The summed E-state index contributed by atoms with van der Waals surface area (Å²) in [6, 6.07) is -1.48. The third-order valence-corrected chi connectivity index (χ3v) is 7.93. The van der Waals surface area contributed by atoms with Gasteiger partial charge in [-0.2, -0.15) is 0 Å². The van der Waals surface area contributed by atoms with E-state index in [0.29, 0.717) is 18.2 Å². The van der Waals surface area contributed by atoms with E-state index >= 15 is 0 Å². The molecule has 1 aromatic rings. The second-order valence-corrected chi connectivity index (χ2v) is 11.4. The lowest BCUT2D eigenvalue weighted by molar-refractivity contribution is -0.225. The normalized spacial score (nSPS) is 34.9. The van der Waals surface area contributed by atoms with Crippen LogP contribution in [0, 0.1) is 11.7 Å². The Kier molecular flexibility index (Phi) is 7.51. The Hall–Kier alpha value is -1.38. The lowest BCUT2D eigenvalue weighted by atomic mass is 9.86. The predicted molar refractivity (Wildman–Crippen MR) is 115 cm³/mol. The Morgan fingerprint density at radius 3 is 2.65 bits per heavy atom. The number of alkyl halides is 2. The maximum absolute atomic E-state index is 13.2. The van der Waals surface area contributed by atoms with Gasteiger partial charge in [0.1, 0.15) is 12.4 Å². The second kappa shape index (κ2) is 9.94. The molecule has 13 heteroatoms. The van der Waals surface area contributed by atoms with Crippen LogP contribution in [-0.2, 0) is 24.9 Å². The van der Waals surface area contributed by atoms with Crippen LogP contribution in [-0.4, -0.2) is 84.9 Å². The van der Waals surface area contributed by atoms with E-state index < -0.39 is 47.4 Å². The fourth-order valence-corrected chi connectivity index (χ4v) is 6.41. The van der Waals surface area contributed by atoms with Gasteiger partial charge < -0.3 is 14.6 Å². The van der Waals surface area contributed by atoms with Crippen LogP contribution in [0.15, 0.2) is 12.4 Å². The first-order chi connectivity index (χ1) is 16.0. The molecule has 0 amide bonds. The summed E-state index contributed by atoms with van der Waals surface area (Å²) in [5, 5.41) is 10.4. The number of hydrogen-bond acceptors (Lipinski definition) is 8. The minimum atomic E-state index is -3.54. The van der Waals surface area contributed by atoms with Gasteiger partial charge in [-0.15, -0.1) is 0 Å². The van der Waals surface area contributed by atoms with Crippen molar-refractivity contribution < 1.29 is 36.2 Å². The molecule has 0 spiro atoms. The highest BCUT2D eigenvalue weighted by molar-refractivity contribution is 7.88. The van der Waals surface area contributed by atoms with E-state index in [4.69, 9.17) is 9.47 Å².